The monoisotopic (exact) mass is 314 g/mol. The van der Waals surface area contributed by atoms with Crippen molar-refractivity contribution in [3.63, 3.8) is 0 Å². The van der Waals surface area contributed by atoms with Crippen LogP contribution >= 0.6 is 0 Å². The first-order chi connectivity index (χ1) is 10.7. The van der Waals surface area contributed by atoms with Crippen molar-refractivity contribution in [2.75, 3.05) is 0 Å². The number of carbonyl (C=O) groups is 1. The molecule has 130 valence electrons. The molecule has 0 aromatic carbocycles. The van der Waals surface area contributed by atoms with Crippen molar-refractivity contribution in [1.29, 1.82) is 0 Å². The number of carbonyl (C=O) groups excluding carboxylic acids is 1. The quantitative estimate of drug-likeness (QED) is 0.341. The maximum atomic E-state index is 11.3. The van der Waals surface area contributed by atoms with Crippen LogP contribution in [0.1, 0.15) is 54.9 Å². The maximum absolute atomic E-state index is 11.3. The Labute approximate surface area is 144 Å². The summed E-state index contributed by atoms with van der Waals surface area (Å²) in [6, 6.07) is 0. The minimum Gasteiger partial charge on any atom is -0.325 e. The second kappa shape index (κ2) is 11.0. The van der Waals surface area contributed by atoms with E-state index >= 15 is 0 Å². The van der Waals surface area contributed by atoms with E-state index in [0.717, 1.165) is 0 Å². The molecule has 1 nitrogen and oxygen atoms in total. The summed E-state index contributed by atoms with van der Waals surface area (Å²) in [7, 11) is 0. The minimum atomic E-state index is 0.110. The normalized spacial score (nSPS) is 16.2. The van der Waals surface area contributed by atoms with Crippen molar-refractivity contribution in [3.05, 3.63) is 60.9 Å². The first-order valence-electron chi connectivity index (χ1n) is 8.52. The molecule has 1 heteroatoms. The highest BCUT2D eigenvalue weighted by Gasteiger charge is 2.28. The fourth-order valence-electron chi connectivity index (χ4n) is 2.18. The number of hydrogen-bond acceptors (Lipinski definition) is 1. The van der Waals surface area contributed by atoms with Crippen molar-refractivity contribution in [3.8, 4) is 0 Å². The van der Waals surface area contributed by atoms with Crippen molar-refractivity contribution in [1.82, 2.24) is 0 Å². The highest BCUT2D eigenvalue weighted by Crippen LogP contribution is 2.38. The van der Waals surface area contributed by atoms with Gasteiger partial charge >= 0.3 is 0 Å². The molecule has 0 rings (SSSR count). The zero-order chi connectivity index (χ0) is 17.9. The Bertz CT molecular complexity index is 460. The molecule has 0 fully saturated rings. The lowest BCUT2D eigenvalue weighted by Crippen LogP contribution is -2.30. The average molecular weight is 315 g/mol. The zero-order valence-corrected chi connectivity index (χ0v) is 16.0. The van der Waals surface area contributed by atoms with Crippen LogP contribution in [0.4, 0.5) is 0 Å². The summed E-state index contributed by atoms with van der Waals surface area (Å²) in [6.45, 7) is 14.7. The Kier molecular flexibility index (Phi) is 10.2. The van der Waals surface area contributed by atoms with Gasteiger partial charge in [-0.15, -0.1) is 6.08 Å². The Balaban J connectivity index is 4.26. The van der Waals surface area contributed by atoms with Gasteiger partial charge in [-0.05, 0) is 32.1 Å². The van der Waals surface area contributed by atoms with Gasteiger partial charge < -0.3 is 16.9 Å². The lowest BCUT2D eigenvalue weighted by Gasteiger charge is -2.41. The molecule has 0 saturated carbocycles. The van der Waals surface area contributed by atoms with Crippen LogP contribution in [-0.4, -0.2) is 5.78 Å². The van der Waals surface area contributed by atoms with Crippen molar-refractivity contribution in [2.45, 2.75) is 54.9 Å². The molecular formula is C22H34O-2. The van der Waals surface area contributed by atoms with Crippen LogP contribution < -0.4 is 0 Å². The van der Waals surface area contributed by atoms with Crippen molar-refractivity contribution >= 4 is 5.78 Å². The van der Waals surface area contributed by atoms with Gasteiger partial charge in [-0.3, -0.25) is 12.8 Å². The molecule has 0 bridgehead atoms. The summed E-state index contributed by atoms with van der Waals surface area (Å²) >= 11 is 0. The third-order valence-electron chi connectivity index (χ3n) is 4.81. The Hall–Kier alpha value is -1.63. The van der Waals surface area contributed by atoms with Crippen LogP contribution in [0, 0.1) is 30.1 Å². The van der Waals surface area contributed by atoms with Crippen LogP contribution in [0.2, 0.25) is 0 Å². The molecule has 0 radical (unpaired) electrons. The van der Waals surface area contributed by atoms with Gasteiger partial charge in [0.1, 0.15) is 5.78 Å². The molecular weight excluding hydrogens is 280 g/mol. The third-order valence-corrected chi connectivity index (χ3v) is 4.81. The van der Waals surface area contributed by atoms with E-state index in [2.05, 4.69) is 65.3 Å². The van der Waals surface area contributed by atoms with E-state index in [4.69, 9.17) is 0 Å². The topological polar surface area (TPSA) is 17.1 Å². The highest BCUT2D eigenvalue weighted by molar-refractivity contribution is 5.75. The molecule has 0 heterocycles. The van der Waals surface area contributed by atoms with Crippen molar-refractivity contribution < 1.29 is 4.79 Å². The number of rotatable bonds is 10. The summed E-state index contributed by atoms with van der Waals surface area (Å²) in [4.78, 5) is 11.3. The van der Waals surface area contributed by atoms with Gasteiger partial charge in [0.05, 0.1) is 0 Å². The first-order valence-corrected chi connectivity index (χ1v) is 8.52. The minimum absolute atomic E-state index is 0.110. The largest absolute Gasteiger partial charge is 0.325 e. The second-order valence-electron chi connectivity index (χ2n) is 6.96. The third kappa shape index (κ3) is 9.18. The number of ketones is 1. The van der Waals surface area contributed by atoms with E-state index in [1.807, 2.05) is 31.6 Å². The summed E-state index contributed by atoms with van der Waals surface area (Å²) in [6.07, 6.45) is 19.3. The molecule has 0 aliphatic rings. The van der Waals surface area contributed by atoms with E-state index in [0.29, 0.717) is 18.3 Å². The number of Topliss-reactive ketones (excluding diaryl/α,β-unsaturated/α-hetero) is 1. The zero-order valence-electron chi connectivity index (χ0n) is 16.0. The van der Waals surface area contributed by atoms with Crippen LogP contribution in [0.5, 0.6) is 0 Å². The Morgan fingerprint density at radius 2 is 1.74 bits per heavy atom. The highest BCUT2D eigenvalue weighted by atomic mass is 16.1. The van der Waals surface area contributed by atoms with Gasteiger partial charge in [0.15, 0.2) is 0 Å². The van der Waals surface area contributed by atoms with Gasteiger partial charge in [0.2, 0.25) is 0 Å². The first kappa shape index (κ1) is 21.4. The van der Waals surface area contributed by atoms with Gasteiger partial charge in [-0.1, -0.05) is 51.3 Å². The standard InChI is InChI=1S/C22H34O/c1-8-18(2)15-13-11-9-10-12-14-16-19(3)22(6,7)20(4)17-21(5)23/h8-16,19-20H,17H2,1-7H3/q-2/b11-9+,14-12?,15-13+,18-8?. The van der Waals surface area contributed by atoms with Crippen LogP contribution in [0.25, 0.3) is 0 Å². The van der Waals surface area contributed by atoms with Crippen molar-refractivity contribution in [2.24, 2.45) is 17.3 Å². The van der Waals surface area contributed by atoms with E-state index in [9.17, 15) is 4.79 Å². The molecule has 0 N–H and O–H groups in total. The lowest BCUT2D eigenvalue weighted by molar-refractivity contribution is -0.118. The Morgan fingerprint density at radius 1 is 1.09 bits per heavy atom. The SMILES string of the molecule is CC=C(C)/C=C/C=C/[CH-]C=C[CH-]C(C)C(C)(C)C(C)CC(C)=O. The summed E-state index contributed by atoms with van der Waals surface area (Å²) in [5.41, 5.74) is 1.37. The average Bonchev–Trinajstić information content (AvgIpc) is 2.48. The number of hydrogen-bond donors (Lipinski definition) is 0. The molecule has 2 unspecified atom stereocenters. The van der Waals surface area contributed by atoms with Gasteiger partial charge in [-0.25, -0.2) is 0 Å². The molecule has 0 spiro atoms. The summed E-state index contributed by atoms with van der Waals surface area (Å²) < 4.78 is 0. The fraction of sp³-hybridized carbons (Fsp3) is 0.500. The van der Waals surface area contributed by atoms with E-state index < -0.39 is 0 Å². The predicted octanol–water partition coefficient (Wildman–Crippen LogP) is 6.31. The molecule has 0 saturated heterocycles. The molecule has 0 amide bonds. The molecule has 0 aliphatic carbocycles. The van der Waals surface area contributed by atoms with Crippen LogP contribution in [-0.2, 0) is 4.79 Å². The molecule has 23 heavy (non-hydrogen) atoms. The van der Waals surface area contributed by atoms with Gasteiger partial charge in [0.25, 0.3) is 0 Å². The molecule has 0 aliphatic heterocycles. The van der Waals surface area contributed by atoms with Gasteiger partial charge in [0, 0.05) is 6.42 Å². The van der Waals surface area contributed by atoms with E-state index in [-0.39, 0.29) is 11.2 Å². The molecule has 2 atom stereocenters. The smallest absolute Gasteiger partial charge is 0.130 e. The van der Waals surface area contributed by atoms with Crippen LogP contribution in [0.3, 0.4) is 0 Å². The second-order valence-corrected chi connectivity index (χ2v) is 6.96. The lowest BCUT2D eigenvalue weighted by atomic mass is 9.68. The summed E-state index contributed by atoms with van der Waals surface area (Å²) in [5, 5.41) is 0. The maximum Gasteiger partial charge on any atom is 0.130 e. The predicted molar refractivity (Wildman–Crippen MR) is 103 cm³/mol. The van der Waals surface area contributed by atoms with E-state index in [1.165, 1.54) is 5.57 Å². The Morgan fingerprint density at radius 3 is 2.30 bits per heavy atom. The van der Waals surface area contributed by atoms with Gasteiger partial charge in [-0.2, -0.15) is 12.2 Å². The molecule has 0 aromatic heterocycles. The number of allylic oxidation sites excluding steroid dienone is 8. The summed E-state index contributed by atoms with van der Waals surface area (Å²) in [5.74, 6) is 1.07. The molecule has 0 aromatic rings. The fourth-order valence-corrected chi connectivity index (χ4v) is 2.18. The van der Waals surface area contributed by atoms with E-state index in [1.54, 1.807) is 6.92 Å². The van der Waals surface area contributed by atoms with Crippen LogP contribution in [0.15, 0.2) is 48.1 Å².